The molecule has 0 saturated carbocycles. The maximum Gasteiger partial charge on any atom is -0.0251 e. The van der Waals surface area contributed by atoms with Crippen LogP contribution in [0.5, 0.6) is 0 Å². The minimum atomic E-state index is -1.49. The first-order valence-electron chi connectivity index (χ1n) is 3.92. The quantitative estimate of drug-likeness (QED) is 0.615. The summed E-state index contributed by atoms with van der Waals surface area (Å²) in [7, 11) is -1.49. The molecule has 0 fully saturated rings. The maximum absolute atomic E-state index is 2.38. The highest BCUT2D eigenvalue weighted by atomic mass is 32.3. The first-order valence-corrected chi connectivity index (χ1v) is 7.95. The predicted molar refractivity (Wildman–Crippen MR) is 57.4 cm³/mol. The van der Waals surface area contributed by atoms with Crippen molar-refractivity contribution in [3.05, 3.63) is 30.3 Å². The summed E-state index contributed by atoms with van der Waals surface area (Å²) in [4.78, 5) is 1.51. The van der Waals surface area contributed by atoms with Crippen LogP contribution in [0.2, 0.25) is 0 Å². The average Bonchev–Trinajstić information content (AvgIpc) is 1.86. The maximum atomic E-state index is 2.38. The Morgan fingerprint density at radius 2 is 1.27 bits per heavy atom. The van der Waals surface area contributed by atoms with Gasteiger partial charge in [0.25, 0.3) is 0 Å². The highest BCUT2D eigenvalue weighted by Crippen LogP contribution is 2.62. The van der Waals surface area contributed by atoms with Crippen molar-refractivity contribution >= 4 is 9.16 Å². The molecule has 0 aliphatic heterocycles. The minimum absolute atomic E-state index is 1.49. The summed E-state index contributed by atoms with van der Waals surface area (Å²) in [5.41, 5.74) is 0. The molecule has 0 N–H and O–H groups in total. The summed E-state index contributed by atoms with van der Waals surface area (Å²) in [6, 6.07) is 10.8. The highest BCUT2D eigenvalue weighted by Gasteiger charge is 2.19. The summed E-state index contributed by atoms with van der Waals surface area (Å²) >= 11 is 0. The molecule has 0 aliphatic rings. The van der Waals surface area contributed by atoms with Gasteiger partial charge >= 0.3 is 0 Å². The van der Waals surface area contributed by atoms with Gasteiger partial charge in [-0.05, 0) is 29.9 Å². The van der Waals surface area contributed by atoms with Gasteiger partial charge in [-0.25, -0.2) is 0 Å². The van der Waals surface area contributed by atoms with E-state index < -0.39 is 9.16 Å². The second-order valence-electron chi connectivity index (χ2n) is 4.91. The van der Waals surface area contributed by atoms with Crippen LogP contribution >= 0.6 is 9.16 Å². The lowest BCUT2D eigenvalue weighted by atomic mass is 10.4. The van der Waals surface area contributed by atoms with E-state index in [9.17, 15) is 0 Å². The second kappa shape index (κ2) is 2.28. The van der Waals surface area contributed by atoms with Crippen molar-refractivity contribution < 1.29 is 0 Å². The first-order chi connectivity index (χ1) is 4.86. The zero-order chi connectivity index (χ0) is 8.56. The Bertz CT molecular complexity index is 231. The van der Waals surface area contributed by atoms with Gasteiger partial charge in [-0.2, -0.15) is 0 Å². The van der Waals surface area contributed by atoms with Gasteiger partial charge < -0.3 is 0 Å². The third-order valence-electron chi connectivity index (χ3n) is 1.79. The molecule has 0 aliphatic carbocycles. The van der Waals surface area contributed by atoms with E-state index in [0.29, 0.717) is 0 Å². The summed E-state index contributed by atoms with van der Waals surface area (Å²) < 4.78 is 0. The van der Waals surface area contributed by atoms with Gasteiger partial charge in [0.1, 0.15) is 0 Å². The Morgan fingerprint density at radius 1 is 0.818 bits per heavy atom. The molecule has 0 radical (unpaired) electrons. The van der Waals surface area contributed by atoms with E-state index in [2.05, 4.69) is 55.4 Å². The van der Waals surface area contributed by atoms with Crippen LogP contribution in [0.4, 0.5) is 0 Å². The zero-order valence-corrected chi connectivity index (χ0v) is 8.73. The van der Waals surface area contributed by atoms with Gasteiger partial charge in [0.2, 0.25) is 0 Å². The molecule has 1 heteroatoms. The molecule has 1 aromatic carbocycles. The summed E-state index contributed by atoms with van der Waals surface area (Å²) in [6.07, 6.45) is 9.50. The number of rotatable bonds is 1. The Balaban J connectivity index is 3.14. The molecule has 0 amide bonds. The lowest BCUT2D eigenvalue weighted by molar-refractivity contribution is 1.41. The van der Waals surface area contributed by atoms with Crippen LogP contribution in [0, 0.1) is 0 Å². The van der Waals surface area contributed by atoms with Crippen molar-refractivity contribution in [2.24, 2.45) is 0 Å². The van der Waals surface area contributed by atoms with Crippen molar-refractivity contribution in [3.63, 3.8) is 0 Å². The fraction of sp³-hybridized carbons (Fsp3) is 0.400. The fourth-order valence-corrected chi connectivity index (χ4v) is 2.39. The Kier molecular flexibility index (Phi) is 1.79. The Morgan fingerprint density at radius 3 is 1.55 bits per heavy atom. The summed E-state index contributed by atoms with van der Waals surface area (Å²) in [5.74, 6) is 0. The van der Waals surface area contributed by atoms with Crippen molar-refractivity contribution in [1.29, 1.82) is 0 Å². The van der Waals surface area contributed by atoms with Crippen LogP contribution in [0.3, 0.4) is 0 Å². The van der Waals surface area contributed by atoms with Gasteiger partial charge in [0.05, 0.1) is 0 Å². The predicted octanol–water partition coefficient (Wildman–Crippen LogP) is 2.64. The van der Waals surface area contributed by atoms with Crippen molar-refractivity contribution in [3.8, 4) is 0 Å². The number of thiol groups is 1. The molecule has 1 aromatic rings. The third kappa shape index (κ3) is 2.26. The normalized spacial score (nSPS) is 15.5. The Labute approximate surface area is 69.9 Å². The molecule has 0 atom stereocenters. The lowest BCUT2D eigenvalue weighted by Gasteiger charge is -2.47. The molecular formula is C10H18S. The smallest absolute Gasteiger partial charge is 0.0251 e. The molecule has 64 valence electrons. The molecule has 0 unspecified atom stereocenters. The standard InChI is InChI=1S/C10H18S/c1-11(2,3,4)10-8-6-5-7-9-10/h5-9,11H,1-4H3. The number of hydrogen-bond acceptors (Lipinski definition) is 0. The van der Waals surface area contributed by atoms with Crippen LogP contribution in [0.25, 0.3) is 0 Å². The SMILES string of the molecule is C[SH](C)(C)(C)c1ccccc1. The van der Waals surface area contributed by atoms with E-state index >= 15 is 0 Å². The van der Waals surface area contributed by atoms with Crippen molar-refractivity contribution in [2.45, 2.75) is 4.90 Å². The third-order valence-corrected chi connectivity index (χ3v) is 4.15. The lowest BCUT2D eigenvalue weighted by Crippen LogP contribution is -2.10. The molecule has 0 heterocycles. The van der Waals surface area contributed by atoms with Crippen LogP contribution in [0.15, 0.2) is 35.2 Å². The van der Waals surface area contributed by atoms with E-state index in [-0.39, 0.29) is 0 Å². The molecule has 0 spiro atoms. The fourth-order valence-electron chi connectivity index (χ4n) is 1.02. The largest absolute Gasteiger partial charge is 0.272 e. The van der Waals surface area contributed by atoms with E-state index in [1.54, 1.807) is 0 Å². The highest BCUT2D eigenvalue weighted by molar-refractivity contribution is 8.47. The van der Waals surface area contributed by atoms with Crippen molar-refractivity contribution in [2.75, 3.05) is 25.0 Å². The molecular weight excluding hydrogens is 152 g/mol. The van der Waals surface area contributed by atoms with Gasteiger partial charge in [-0.1, -0.05) is 30.3 Å². The molecule has 0 bridgehead atoms. The molecule has 11 heavy (non-hydrogen) atoms. The average molecular weight is 170 g/mol. The van der Waals surface area contributed by atoms with E-state index in [1.165, 1.54) is 4.90 Å². The molecule has 0 nitrogen and oxygen atoms in total. The van der Waals surface area contributed by atoms with Gasteiger partial charge in [-0.15, -0.1) is 0 Å². The van der Waals surface area contributed by atoms with E-state index in [1.807, 2.05) is 0 Å². The van der Waals surface area contributed by atoms with Crippen molar-refractivity contribution in [1.82, 2.24) is 0 Å². The molecule has 0 saturated heterocycles. The van der Waals surface area contributed by atoms with E-state index in [0.717, 1.165) is 0 Å². The summed E-state index contributed by atoms with van der Waals surface area (Å²) in [6.45, 7) is 0. The van der Waals surface area contributed by atoms with Gasteiger partial charge in [-0.3, -0.25) is 9.16 Å². The topological polar surface area (TPSA) is 0 Å². The number of hydrogen-bond donors (Lipinski definition) is 1. The molecule has 0 aromatic heterocycles. The molecule has 1 rings (SSSR count). The van der Waals surface area contributed by atoms with Crippen LogP contribution < -0.4 is 0 Å². The van der Waals surface area contributed by atoms with Gasteiger partial charge in [0.15, 0.2) is 0 Å². The zero-order valence-electron chi connectivity index (χ0n) is 7.83. The van der Waals surface area contributed by atoms with E-state index in [4.69, 9.17) is 0 Å². The monoisotopic (exact) mass is 170 g/mol. The van der Waals surface area contributed by atoms with Crippen LogP contribution in [-0.2, 0) is 0 Å². The van der Waals surface area contributed by atoms with Crippen LogP contribution in [0.1, 0.15) is 0 Å². The minimum Gasteiger partial charge on any atom is -0.272 e. The summed E-state index contributed by atoms with van der Waals surface area (Å²) in [5, 5.41) is 0. The van der Waals surface area contributed by atoms with Gasteiger partial charge in [0, 0.05) is 0 Å². The van der Waals surface area contributed by atoms with Crippen LogP contribution in [-0.4, -0.2) is 25.0 Å². The Hall–Kier alpha value is -0.430. The first kappa shape index (κ1) is 8.66. The number of benzene rings is 1. The second-order valence-corrected chi connectivity index (χ2v) is 12.6.